The van der Waals surface area contributed by atoms with Crippen molar-refractivity contribution in [1.82, 2.24) is 0 Å². The van der Waals surface area contributed by atoms with Crippen LogP contribution in [0.3, 0.4) is 0 Å². The maximum Gasteiger partial charge on any atom is 0.0482 e. The van der Waals surface area contributed by atoms with Gasteiger partial charge in [-0.15, -0.1) is 0 Å². The SMILES string of the molecule is C/C=C(/Cl)c1cccc(-c2ccc(CCCCCC)cc2)c1N. The quantitative estimate of drug-likeness (QED) is 0.446. The number of benzene rings is 2. The lowest BCUT2D eigenvalue weighted by Gasteiger charge is -2.11. The second kappa shape index (κ2) is 8.79. The zero-order chi connectivity index (χ0) is 16.7. The largest absolute Gasteiger partial charge is 0.398 e. The number of hydrogen-bond acceptors (Lipinski definition) is 1. The van der Waals surface area contributed by atoms with Crippen molar-refractivity contribution < 1.29 is 0 Å². The normalized spacial score (nSPS) is 11.7. The lowest BCUT2D eigenvalue weighted by Crippen LogP contribution is -1.95. The van der Waals surface area contributed by atoms with E-state index < -0.39 is 0 Å². The molecule has 0 bridgehead atoms. The van der Waals surface area contributed by atoms with Crippen LogP contribution in [-0.2, 0) is 6.42 Å². The lowest BCUT2D eigenvalue weighted by molar-refractivity contribution is 0.667. The second-order valence-electron chi connectivity index (χ2n) is 5.91. The number of hydrogen-bond donors (Lipinski definition) is 1. The number of nitrogen functional groups attached to an aromatic ring is 1. The van der Waals surface area contributed by atoms with E-state index in [9.17, 15) is 0 Å². The first kappa shape index (κ1) is 17.6. The minimum Gasteiger partial charge on any atom is -0.398 e. The van der Waals surface area contributed by atoms with Gasteiger partial charge in [0.2, 0.25) is 0 Å². The number of para-hydroxylation sites is 1. The van der Waals surface area contributed by atoms with Crippen LogP contribution in [0.15, 0.2) is 48.5 Å². The molecule has 2 aromatic rings. The van der Waals surface area contributed by atoms with Crippen molar-refractivity contribution in [3.8, 4) is 11.1 Å². The van der Waals surface area contributed by atoms with Crippen LogP contribution in [0.4, 0.5) is 5.69 Å². The highest BCUT2D eigenvalue weighted by atomic mass is 35.5. The predicted octanol–water partition coefficient (Wildman–Crippen LogP) is 6.66. The molecule has 0 fully saturated rings. The van der Waals surface area contributed by atoms with Gasteiger partial charge in [0.05, 0.1) is 0 Å². The van der Waals surface area contributed by atoms with Gasteiger partial charge in [0.1, 0.15) is 0 Å². The Labute approximate surface area is 145 Å². The van der Waals surface area contributed by atoms with Crippen molar-refractivity contribution in [3.63, 3.8) is 0 Å². The molecule has 122 valence electrons. The molecule has 0 aliphatic carbocycles. The molecule has 0 aliphatic heterocycles. The summed E-state index contributed by atoms with van der Waals surface area (Å²) in [6, 6.07) is 14.8. The maximum atomic E-state index is 6.32. The van der Waals surface area contributed by atoms with Crippen LogP contribution >= 0.6 is 11.6 Å². The summed E-state index contributed by atoms with van der Waals surface area (Å²) < 4.78 is 0. The Balaban J connectivity index is 2.16. The Hall–Kier alpha value is -1.73. The first-order valence-electron chi connectivity index (χ1n) is 8.47. The van der Waals surface area contributed by atoms with E-state index in [0.29, 0.717) is 5.03 Å². The number of halogens is 1. The predicted molar refractivity (Wildman–Crippen MR) is 104 cm³/mol. The van der Waals surface area contributed by atoms with Gasteiger partial charge >= 0.3 is 0 Å². The van der Waals surface area contributed by atoms with Crippen molar-refractivity contribution >= 4 is 22.3 Å². The van der Waals surface area contributed by atoms with Gasteiger partial charge in [-0.2, -0.15) is 0 Å². The molecule has 23 heavy (non-hydrogen) atoms. The van der Waals surface area contributed by atoms with Crippen LogP contribution in [0.25, 0.3) is 16.2 Å². The van der Waals surface area contributed by atoms with Gasteiger partial charge in [-0.1, -0.05) is 86.3 Å². The fourth-order valence-electron chi connectivity index (χ4n) is 2.79. The Bertz CT molecular complexity index is 656. The number of aryl methyl sites for hydroxylation is 1. The van der Waals surface area contributed by atoms with E-state index in [1.54, 1.807) is 0 Å². The number of nitrogens with two attached hydrogens (primary N) is 1. The van der Waals surface area contributed by atoms with Crippen molar-refractivity contribution in [1.29, 1.82) is 0 Å². The van der Waals surface area contributed by atoms with E-state index >= 15 is 0 Å². The fraction of sp³-hybridized carbons (Fsp3) is 0.333. The average molecular weight is 328 g/mol. The molecule has 1 nitrogen and oxygen atoms in total. The highest BCUT2D eigenvalue weighted by Gasteiger charge is 2.09. The zero-order valence-electron chi connectivity index (χ0n) is 14.1. The Kier molecular flexibility index (Phi) is 6.73. The summed E-state index contributed by atoms with van der Waals surface area (Å²) in [5, 5.41) is 0.692. The van der Waals surface area contributed by atoms with Gasteiger partial charge in [-0.3, -0.25) is 0 Å². The standard InChI is InChI=1S/C21H26ClN/c1-3-5-6-7-9-16-12-14-17(15-13-16)18-10-8-11-19(21(18)23)20(22)4-2/h4,8,10-15H,3,5-7,9,23H2,1-2H3/b20-4+. The smallest absolute Gasteiger partial charge is 0.0482 e. The molecule has 2 heteroatoms. The zero-order valence-corrected chi connectivity index (χ0v) is 14.9. The number of unbranched alkanes of at least 4 members (excludes halogenated alkanes) is 3. The molecular weight excluding hydrogens is 302 g/mol. The molecule has 0 atom stereocenters. The number of rotatable bonds is 7. The molecule has 2 N–H and O–H groups in total. The van der Waals surface area contributed by atoms with Crippen LogP contribution in [-0.4, -0.2) is 0 Å². The molecule has 0 aliphatic rings. The maximum absolute atomic E-state index is 6.32. The number of allylic oxidation sites excluding steroid dienone is 1. The van der Waals surface area contributed by atoms with E-state index in [-0.39, 0.29) is 0 Å². The van der Waals surface area contributed by atoms with Crippen LogP contribution < -0.4 is 5.73 Å². The Morgan fingerprint density at radius 3 is 2.43 bits per heavy atom. The lowest BCUT2D eigenvalue weighted by atomic mass is 9.97. The molecule has 0 aromatic heterocycles. The number of anilines is 1. The topological polar surface area (TPSA) is 26.0 Å². The van der Waals surface area contributed by atoms with Crippen LogP contribution in [0.1, 0.15) is 50.7 Å². The van der Waals surface area contributed by atoms with Crippen LogP contribution in [0, 0.1) is 0 Å². The third-order valence-electron chi connectivity index (χ3n) is 4.20. The van der Waals surface area contributed by atoms with E-state index in [1.807, 2.05) is 25.1 Å². The molecule has 0 amide bonds. The van der Waals surface area contributed by atoms with Crippen molar-refractivity contribution in [2.75, 3.05) is 5.73 Å². The highest BCUT2D eigenvalue weighted by Crippen LogP contribution is 2.33. The van der Waals surface area contributed by atoms with Crippen molar-refractivity contribution in [3.05, 3.63) is 59.7 Å². The summed E-state index contributed by atoms with van der Waals surface area (Å²) in [5.41, 5.74) is 11.5. The summed E-state index contributed by atoms with van der Waals surface area (Å²) >= 11 is 6.24. The molecule has 0 spiro atoms. The van der Waals surface area contributed by atoms with Gasteiger partial charge in [0.25, 0.3) is 0 Å². The third-order valence-corrected chi connectivity index (χ3v) is 4.62. The molecule has 0 heterocycles. The fourth-order valence-corrected chi connectivity index (χ4v) is 2.95. The van der Waals surface area contributed by atoms with Gasteiger partial charge < -0.3 is 5.73 Å². The molecule has 0 radical (unpaired) electrons. The van der Waals surface area contributed by atoms with E-state index in [0.717, 1.165) is 28.8 Å². The summed E-state index contributed by atoms with van der Waals surface area (Å²) in [4.78, 5) is 0. The molecule has 0 saturated carbocycles. The molecule has 0 unspecified atom stereocenters. The van der Waals surface area contributed by atoms with Gasteiger partial charge in [0, 0.05) is 21.8 Å². The molecule has 0 saturated heterocycles. The highest BCUT2D eigenvalue weighted by molar-refractivity contribution is 6.49. The minimum absolute atomic E-state index is 0.692. The van der Waals surface area contributed by atoms with Crippen LogP contribution in [0.5, 0.6) is 0 Å². The Morgan fingerprint density at radius 1 is 1.04 bits per heavy atom. The van der Waals surface area contributed by atoms with E-state index in [4.69, 9.17) is 17.3 Å². The first-order valence-corrected chi connectivity index (χ1v) is 8.85. The third kappa shape index (κ3) is 4.62. The van der Waals surface area contributed by atoms with Gasteiger partial charge in [-0.05, 0) is 30.9 Å². The molecule has 2 rings (SSSR count). The first-order chi connectivity index (χ1) is 11.2. The Morgan fingerprint density at radius 2 is 1.78 bits per heavy atom. The van der Waals surface area contributed by atoms with Gasteiger partial charge in [0.15, 0.2) is 0 Å². The van der Waals surface area contributed by atoms with Crippen molar-refractivity contribution in [2.24, 2.45) is 0 Å². The molecule has 2 aromatic carbocycles. The summed E-state index contributed by atoms with van der Waals surface area (Å²) in [5.74, 6) is 0. The summed E-state index contributed by atoms with van der Waals surface area (Å²) in [6.07, 6.45) is 8.21. The summed E-state index contributed by atoms with van der Waals surface area (Å²) in [7, 11) is 0. The average Bonchev–Trinajstić information content (AvgIpc) is 2.59. The van der Waals surface area contributed by atoms with E-state index in [2.05, 4.69) is 37.3 Å². The van der Waals surface area contributed by atoms with Crippen molar-refractivity contribution in [2.45, 2.75) is 46.0 Å². The second-order valence-corrected chi connectivity index (χ2v) is 6.32. The molecular formula is C21H26ClN. The van der Waals surface area contributed by atoms with Crippen LogP contribution in [0.2, 0.25) is 0 Å². The monoisotopic (exact) mass is 327 g/mol. The minimum atomic E-state index is 0.692. The van der Waals surface area contributed by atoms with E-state index in [1.165, 1.54) is 31.2 Å². The van der Waals surface area contributed by atoms with Gasteiger partial charge in [-0.25, -0.2) is 0 Å². The summed E-state index contributed by atoms with van der Waals surface area (Å²) in [6.45, 7) is 4.16.